The zero-order valence-corrected chi connectivity index (χ0v) is 24.9. The summed E-state index contributed by atoms with van der Waals surface area (Å²) in [6.07, 6.45) is 0. The van der Waals surface area contributed by atoms with Gasteiger partial charge in [0.15, 0.2) is 10.9 Å². The zero-order chi connectivity index (χ0) is 30.4. The average molecular weight is 581 g/mol. The third-order valence-electron chi connectivity index (χ3n) is 9.67. The van der Waals surface area contributed by atoms with Crippen LogP contribution in [0.25, 0.3) is 49.2 Å². The van der Waals surface area contributed by atoms with E-state index >= 15 is 0 Å². The number of benzene rings is 6. The Morgan fingerprint density at radius 1 is 0.467 bits per heavy atom. The molecule has 0 aliphatic carbocycles. The second-order valence-electron chi connectivity index (χ2n) is 12.5. The van der Waals surface area contributed by atoms with Crippen molar-refractivity contribution in [1.29, 1.82) is 0 Å². The lowest BCUT2D eigenvalue weighted by atomic mass is 9.73. The van der Waals surface area contributed by atoms with Crippen molar-refractivity contribution < 1.29 is 0 Å². The quantitative estimate of drug-likeness (QED) is 0.154. The van der Waals surface area contributed by atoms with E-state index in [1.54, 1.807) is 0 Å². The van der Waals surface area contributed by atoms with Gasteiger partial charge >= 0.3 is 0 Å². The minimum Gasteiger partial charge on any atom is -0.311 e. The lowest BCUT2D eigenvalue weighted by Gasteiger charge is -2.35. The first kappa shape index (κ1) is 25.7. The highest BCUT2D eigenvalue weighted by Crippen LogP contribution is 2.46. The van der Waals surface area contributed by atoms with Crippen LogP contribution in [0.15, 0.2) is 143 Å². The summed E-state index contributed by atoms with van der Waals surface area (Å²) >= 11 is 0. The van der Waals surface area contributed by atoms with Gasteiger partial charge in [-0.25, -0.2) is 0 Å². The summed E-state index contributed by atoms with van der Waals surface area (Å²) in [7, 11) is 0. The van der Waals surface area contributed by atoms with E-state index in [1.807, 2.05) is 48.5 Å². The Morgan fingerprint density at radius 2 is 0.978 bits per heavy atom. The van der Waals surface area contributed by atoms with Crippen molar-refractivity contribution in [3.63, 3.8) is 0 Å². The number of hydrogen-bond acceptors (Lipinski definition) is 3. The summed E-state index contributed by atoms with van der Waals surface area (Å²) in [4.78, 5) is 30.2. The average Bonchev–Trinajstić information content (AvgIpc) is 3.08. The molecule has 0 saturated heterocycles. The summed E-state index contributed by atoms with van der Waals surface area (Å²) in [5.41, 5.74) is 9.46. The standard InChI is InChI=1S/C41H28N2O2/c1-41(2)34-18-10-17-32-37(34)43-36-30(39(32)44)15-9-16-31(36)40(45)33-23-26(24-35(41)38(33)43)25-19-21-29(22-20-25)42(27-11-5-3-6-12-27)28-13-7-4-8-14-28/h3-24H,1-2H3. The molecule has 0 amide bonds. The zero-order valence-electron chi connectivity index (χ0n) is 24.9. The van der Waals surface area contributed by atoms with E-state index in [4.69, 9.17) is 0 Å². The molecular formula is C41H28N2O2. The van der Waals surface area contributed by atoms with Crippen molar-refractivity contribution >= 4 is 55.2 Å². The number of rotatable bonds is 4. The van der Waals surface area contributed by atoms with Gasteiger partial charge in [0, 0.05) is 44.0 Å². The van der Waals surface area contributed by atoms with Gasteiger partial charge in [0.2, 0.25) is 0 Å². The monoisotopic (exact) mass is 580 g/mol. The third kappa shape index (κ3) is 3.48. The van der Waals surface area contributed by atoms with Gasteiger partial charge in [-0.1, -0.05) is 80.6 Å². The molecule has 0 N–H and O–H groups in total. The number of para-hydroxylation sites is 4. The Bertz CT molecular complexity index is 2550. The number of pyridine rings is 2. The molecule has 0 atom stereocenters. The molecule has 6 aromatic carbocycles. The molecule has 45 heavy (non-hydrogen) atoms. The fraction of sp³-hybridized carbons (Fsp3) is 0.0732. The maximum Gasteiger partial charge on any atom is 0.197 e. The molecule has 0 radical (unpaired) electrons. The molecule has 0 unspecified atom stereocenters. The molecule has 0 fully saturated rings. The summed E-state index contributed by atoms with van der Waals surface area (Å²) in [5.74, 6) is 0. The van der Waals surface area contributed by atoms with Crippen molar-refractivity contribution in [3.8, 4) is 11.1 Å². The van der Waals surface area contributed by atoms with Crippen molar-refractivity contribution in [1.82, 2.24) is 4.40 Å². The Kier molecular flexibility index (Phi) is 5.22. The third-order valence-corrected chi connectivity index (χ3v) is 9.67. The normalized spacial score (nSPS) is 13.5. The summed E-state index contributed by atoms with van der Waals surface area (Å²) < 4.78 is 2.19. The maximum absolute atomic E-state index is 14.2. The van der Waals surface area contributed by atoms with E-state index in [9.17, 15) is 9.59 Å². The van der Waals surface area contributed by atoms with Crippen LogP contribution < -0.4 is 15.8 Å². The van der Waals surface area contributed by atoms with Gasteiger partial charge in [-0.3, -0.25) is 9.59 Å². The van der Waals surface area contributed by atoms with Gasteiger partial charge in [0.05, 0.1) is 16.6 Å². The fourth-order valence-corrected chi connectivity index (χ4v) is 7.49. The highest BCUT2D eigenvalue weighted by Gasteiger charge is 2.35. The summed E-state index contributed by atoms with van der Waals surface area (Å²) in [6, 6.07) is 45.1. The second-order valence-corrected chi connectivity index (χ2v) is 12.5. The minimum absolute atomic E-state index is 0.0211. The largest absolute Gasteiger partial charge is 0.311 e. The van der Waals surface area contributed by atoms with Crippen LogP contribution in [-0.2, 0) is 5.41 Å². The Labute approximate surface area is 259 Å². The highest BCUT2D eigenvalue weighted by molar-refractivity contribution is 6.11. The van der Waals surface area contributed by atoms with Crippen LogP contribution in [0.3, 0.4) is 0 Å². The predicted molar refractivity (Wildman–Crippen MR) is 186 cm³/mol. The van der Waals surface area contributed by atoms with E-state index in [0.29, 0.717) is 21.5 Å². The van der Waals surface area contributed by atoms with Crippen molar-refractivity contribution in [2.24, 2.45) is 0 Å². The van der Waals surface area contributed by atoms with Gasteiger partial charge < -0.3 is 9.30 Å². The predicted octanol–water partition coefficient (Wildman–Crippen LogP) is 9.33. The van der Waals surface area contributed by atoms with Crippen LogP contribution in [0.1, 0.15) is 25.0 Å². The van der Waals surface area contributed by atoms with E-state index in [-0.39, 0.29) is 10.9 Å². The van der Waals surface area contributed by atoms with Crippen LogP contribution in [0, 0.1) is 0 Å². The maximum atomic E-state index is 14.2. The van der Waals surface area contributed by atoms with E-state index in [1.165, 1.54) is 0 Å². The molecule has 0 saturated carbocycles. The molecule has 214 valence electrons. The van der Waals surface area contributed by atoms with Crippen molar-refractivity contribution in [2.75, 3.05) is 4.90 Å². The van der Waals surface area contributed by atoms with Crippen molar-refractivity contribution in [3.05, 3.63) is 165 Å². The number of anilines is 3. The molecule has 4 heteroatoms. The molecule has 9 rings (SSSR count). The fourth-order valence-electron chi connectivity index (χ4n) is 7.49. The van der Waals surface area contributed by atoms with Gasteiger partial charge in [-0.2, -0.15) is 0 Å². The van der Waals surface area contributed by atoms with E-state index < -0.39 is 5.41 Å². The summed E-state index contributed by atoms with van der Waals surface area (Å²) in [6.45, 7) is 4.40. The van der Waals surface area contributed by atoms with Gasteiger partial charge in [-0.05, 0) is 89.0 Å². The SMILES string of the molecule is CC1(C)c2cccc3c(=O)c4cccc5c(=O)c6cc(-c7ccc(N(c8ccccc8)c8ccccc8)cc7)cc1c6n(c23)c45. The van der Waals surface area contributed by atoms with Gasteiger partial charge in [0.1, 0.15) is 0 Å². The molecule has 0 spiro atoms. The Morgan fingerprint density at radius 3 is 1.60 bits per heavy atom. The smallest absolute Gasteiger partial charge is 0.197 e. The lowest BCUT2D eigenvalue weighted by Crippen LogP contribution is -2.28. The molecule has 3 heterocycles. The first-order chi connectivity index (χ1) is 21.9. The Hall–Kier alpha value is -5.74. The molecule has 2 aromatic heterocycles. The van der Waals surface area contributed by atoms with Crippen LogP contribution in [0.4, 0.5) is 17.1 Å². The van der Waals surface area contributed by atoms with Crippen molar-refractivity contribution in [2.45, 2.75) is 19.3 Å². The molecule has 1 aliphatic rings. The first-order valence-corrected chi connectivity index (χ1v) is 15.3. The minimum atomic E-state index is -0.427. The van der Waals surface area contributed by atoms with E-state index in [0.717, 1.165) is 55.9 Å². The van der Waals surface area contributed by atoms with Crippen LogP contribution in [0.5, 0.6) is 0 Å². The van der Waals surface area contributed by atoms with Crippen LogP contribution in [-0.4, -0.2) is 4.40 Å². The van der Waals surface area contributed by atoms with E-state index in [2.05, 4.69) is 108 Å². The van der Waals surface area contributed by atoms with Gasteiger partial charge in [-0.15, -0.1) is 0 Å². The summed E-state index contributed by atoms with van der Waals surface area (Å²) in [5, 5.41) is 2.53. The highest BCUT2D eigenvalue weighted by atomic mass is 16.1. The Balaban J connectivity index is 1.30. The molecule has 8 aromatic rings. The number of hydrogen-bond donors (Lipinski definition) is 0. The van der Waals surface area contributed by atoms with Crippen LogP contribution in [0.2, 0.25) is 0 Å². The topological polar surface area (TPSA) is 41.8 Å². The lowest BCUT2D eigenvalue weighted by molar-refractivity contribution is 0.642. The first-order valence-electron chi connectivity index (χ1n) is 15.3. The molecule has 4 nitrogen and oxygen atoms in total. The molecule has 1 aliphatic heterocycles. The van der Waals surface area contributed by atoms with Crippen LogP contribution >= 0.6 is 0 Å². The molecular weight excluding hydrogens is 552 g/mol. The van der Waals surface area contributed by atoms with Gasteiger partial charge in [0.25, 0.3) is 0 Å². The second kappa shape index (κ2) is 9.13. The number of aromatic nitrogens is 1. The molecule has 0 bridgehead atoms. The number of nitrogens with zero attached hydrogens (tertiary/aromatic N) is 2.